The quantitative estimate of drug-likeness (QED) is 0.635. The van der Waals surface area contributed by atoms with Crippen LogP contribution in [0, 0.1) is 11.5 Å². The van der Waals surface area contributed by atoms with E-state index in [0.717, 1.165) is 23.8 Å². The lowest BCUT2D eigenvalue weighted by Crippen LogP contribution is -2.41. The van der Waals surface area contributed by atoms with E-state index in [2.05, 4.69) is 25.3 Å². The van der Waals surface area contributed by atoms with Gasteiger partial charge in [0.15, 0.2) is 5.69 Å². The van der Waals surface area contributed by atoms with Crippen molar-refractivity contribution in [1.29, 1.82) is 5.26 Å². The van der Waals surface area contributed by atoms with E-state index in [-0.39, 0.29) is 16.9 Å². The number of amides is 1. The second-order valence-corrected chi connectivity index (χ2v) is 6.95. The molecule has 31 heavy (non-hydrogen) atoms. The molecule has 2 N–H and O–H groups in total. The van der Waals surface area contributed by atoms with Gasteiger partial charge in [0, 0.05) is 32.2 Å². The average molecular weight is 433 g/mol. The molecule has 0 unspecified atom stereocenters. The molecule has 162 valence electrons. The van der Waals surface area contributed by atoms with Crippen LogP contribution in [0.2, 0.25) is 0 Å². The van der Waals surface area contributed by atoms with Gasteiger partial charge in [-0.1, -0.05) is 0 Å². The Morgan fingerprint density at radius 2 is 2.06 bits per heavy atom. The molecule has 9 nitrogen and oxygen atoms in total. The maximum atomic E-state index is 12.9. The minimum atomic E-state index is -4.56. The van der Waals surface area contributed by atoms with Gasteiger partial charge in [0.1, 0.15) is 11.4 Å². The van der Waals surface area contributed by atoms with Crippen LogP contribution in [0.15, 0.2) is 24.3 Å². The van der Waals surface area contributed by atoms with Crippen molar-refractivity contribution in [2.75, 3.05) is 39.4 Å². The van der Waals surface area contributed by atoms with Gasteiger partial charge in [-0.2, -0.15) is 28.2 Å². The first-order chi connectivity index (χ1) is 14.8. The zero-order valence-electron chi connectivity index (χ0n) is 16.2. The normalized spacial score (nSPS) is 15.2. The number of nitriles is 1. The number of fused-ring (bicyclic) bond motifs is 1. The Labute approximate surface area is 174 Å². The number of rotatable bonds is 5. The van der Waals surface area contributed by atoms with Crippen LogP contribution in [0.4, 0.5) is 13.2 Å². The van der Waals surface area contributed by atoms with Crippen molar-refractivity contribution in [3.8, 4) is 17.6 Å². The topological polar surface area (TPSA) is 112 Å². The van der Waals surface area contributed by atoms with Crippen molar-refractivity contribution in [3.05, 3.63) is 35.7 Å². The monoisotopic (exact) mass is 433 g/mol. The van der Waals surface area contributed by atoms with E-state index in [1.807, 2.05) is 6.19 Å². The summed E-state index contributed by atoms with van der Waals surface area (Å²) in [6, 6.07) is 4.93. The highest BCUT2D eigenvalue weighted by atomic mass is 19.4. The first kappa shape index (κ1) is 20.8. The van der Waals surface area contributed by atoms with Crippen molar-refractivity contribution in [2.45, 2.75) is 6.18 Å². The molecule has 4 heterocycles. The number of ether oxygens (including phenoxy) is 1. The molecule has 1 aliphatic heterocycles. The van der Waals surface area contributed by atoms with Crippen LogP contribution < -0.4 is 5.32 Å². The second-order valence-electron chi connectivity index (χ2n) is 6.95. The highest BCUT2D eigenvalue weighted by molar-refractivity contribution is 5.94. The van der Waals surface area contributed by atoms with Crippen LogP contribution in [0.1, 0.15) is 16.2 Å². The third kappa shape index (κ3) is 4.52. The highest BCUT2D eigenvalue weighted by Crippen LogP contribution is 2.30. The van der Waals surface area contributed by atoms with Crippen LogP contribution in [-0.2, 0) is 10.9 Å². The molecule has 1 aliphatic rings. The zero-order valence-corrected chi connectivity index (χ0v) is 16.2. The minimum absolute atomic E-state index is 0.0288. The Morgan fingerprint density at radius 1 is 1.29 bits per heavy atom. The summed E-state index contributed by atoms with van der Waals surface area (Å²) >= 11 is 0. The fraction of sp³-hybridized carbons (Fsp3) is 0.368. The fourth-order valence-corrected chi connectivity index (χ4v) is 3.31. The highest BCUT2D eigenvalue weighted by Gasteiger charge is 2.32. The number of nitrogens with one attached hydrogen (secondary N) is 2. The number of nitrogens with zero attached hydrogens (tertiary/aromatic N) is 5. The molecular weight excluding hydrogens is 415 g/mol. The molecule has 1 fully saturated rings. The molecule has 0 aromatic carbocycles. The average Bonchev–Trinajstić information content (AvgIpc) is 3.37. The smallest absolute Gasteiger partial charge is 0.379 e. The first-order valence-corrected chi connectivity index (χ1v) is 9.51. The second kappa shape index (κ2) is 8.37. The van der Waals surface area contributed by atoms with Gasteiger partial charge in [-0.05, 0) is 18.2 Å². The summed E-state index contributed by atoms with van der Waals surface area (Å²) in [4.78, 5) is 21.1. The van der Waals surface area contributed by atoms with Crippen molar-refractivity contribution >= 4 is 16.9 Å². The van der Waals surface area contributed by atoms with E-state index < -0.39 is 17.8 Å². The number of morpholine rings is 1. The Hall–Kier alpha value is -3.43. The van der Waals surface area contributed by atoms with Gasteiger partial charge in [-0.3, -0.25) is 9.69 Å². The number of halogens is 3. The summed E-state index contributed by atoms with van der Waals surface area (Å²) in [5.74, 6) is -0.447. The maximum Gasteiger partial charge on any atom is 0.433 e. The van der Waals surface area contributed by atoms with Crippen molar-refractivity contribution < 1.29 is 22.7 Å². The van der Waals surface area contributed by atoms with E-state index in [9.17, 15) is 23.2 Å². The van der Waals surface area contributed by atoms with Gasteiger partial charge in [0.2, 0.25) is 6.19 Å². The molecule has 0 spiro atoms. The molecule has 0 radical (unpaired) electrons. The van der Waals surface area contributed by atoms with Gasteiger partial charge in [0.25, 0.3) is 5.91 Å². The Morgan fingerprint density at radius 3 is 2.77 bits per heavy atom. The number of hydrogen-bond acceptors (Lipinski definition) is 6. The molecule has 0 atom stereocenters. The van der Waals surface area contributed by atoms with E-state index in [1.54, 1.807) is 0 Å². The van der Waals surface area contributed by atoms with E-state index in [4.69, 9.17) is 4.74 Å². The first-order valence-electron chi connectivity index (χ1n) is 9.51. The summed E-state index contributed by atoms with van der Waals surface area (Å²) in [6.07, 6.45) is -2.72. The van der Waals surface area contributed by atoms with Crippen LogP contribution in [-0.4, -0.2) is 69.9 Å². The number of carbonyl (C=O) groups is 1. The standard InChI is InChI=1S/C19H18F3N7O2/c20-19(21,22)17-2-1-12-13(26-17)9-14(25-12)16-10-15(27-29(16)11-23)18(30)24-3-4-28-5-7-31-8-6-28/h1-2,9-10,25H,3-8H2,(H,24,30). The predicted molar refractivity (Wildman–Crippen MR) is 103 cm³/mol. The summed E-state index contributed by atoms with van der Waals surface area (Å²) < 4.78 is 44.9. The van der Waals surface area contributed by atoms with Crippen LogP contribution in [0.3, 0.4) is 0 Å². The van der Waals surface area contributed by atoms with Crippen molar-refractivity contribution in [2.24, 2.45) is 0 Å². The van der Waals surface area contributed by atoms with E-state index in [0.29, 0.717) is 37.5 Å². The number of carbonyl (C=O) groups excluding carboxylic acids is 1. The Bertz CT molecular complexity index is 1140. The summed E-state index contributed by atoms with van der Waals surface area (Å²) in [5, 5.41) is 16.1. The van der Waals surface area contributed by atoms with Crippen LogP contribution >= 0.6 is 0 Å². The molecule has 0 bridgehead atoms. The lowest BCUT2D eigenvalue weighted by Gasteiger charge is -2.26. The maximum absolute atomic E-state index is 12.9. The van der Waals surface area contributed by atoms with Gasteiger partial charge in [-0.15, -0.1) is 0 Å². The molecule has 12 heteroatoms. The molecule has 4 rings (SSSR count). The number of aromatic nitrogens is 4. The van der Waals surface area contributed by atoms with Gasteiger partial charge in [0.05, 0.1) is 29.9 Å². The largest absolute Gasteiger partial charge is 0.433 e. The SMILES string of the molecule is N#Cn1nc(C(=O)NCCN2CCOCC2)cc1-c1cc2nc(C(F)(F)F)ccc2[nH]1. The van der Waals surface area contributed by atoms with Crippen molar-refractivity contribution in [3.63, 3.8) is 0 Å². The van der Waals surface area contributed by atoms with Gasteiger partial charge >= 0.3 is 6.18 Å². The predicted octanol–water partition coefficient (Wildman–Crippen LogP) is 1.84. The number of hydrogen-bond donors (Lipinski definition) is 2. The molecule has 0 aliphatic carbocycles. The molecule has 1 amide bonds. The Kier molecular flexibility index (Phi) is 5.62. The van der Waals surface area contributed by atoms with Gasteiger partial charge < -0.3 is 15.0 Å². The van der Waals surface area contributed by atoms with E-state index in [1.165, 1.54) is 18.2 Å². The molecule has 1 saturated heterocycles. The summed E-state index contributed by atoms with van der Waals surface area (Å²) in [5.41, 5.74) is 0.0358. The summed E-state index contributed by atoms with van der Waals surface area (Å²) in [7, 11) is 0. The minimum Gasteiger partial charge on any atom is -0.379 e. The number of aromatic amines is 1. The molecule has 3 aromatic rings. The van der Waals surface area contributed by atoms with Crippen LogP contribution in [0.5, 0.6) is 0 Å². The Balaban J connectivity index is 1.51. The molecular formula is C19H18F3N7O2. The number of H-pyrrole nitrogens is 1. The zero-order chi connectivity index (χ0) is 22.0. The molecule has 0 saturated carbocycles. The molecule has 3 aromatic heterocycles. The fourth-order valence-electron chi connectivity index (χ4n) is 3.31. The van der Waals surface area contributed by atoms with E-state index >= 15 is 0 Å². The lowest BCUT2D eigenvalue weighted by atomic mass is 10.2. The van der Waals surface area contributed by atoms with Crippen LogP contribution in [0.25, 0.3) is 22.4 Å². The summed E-state index contributed by atoms with van der Waals surface area (Å²) in [6.45, 7) is 3.99. The third-order valence-electron chi connectivity index (χ3n) is 4.90. The number of pyridine rings is 1. The third-order valence-corrected chi connectivity index (χ3v) is 4.90. The lowest BCUT2D eigenvalue weighted by molar-refractivity contribution is -0.140. The van der Waals surface area contributed by atoms with Crippen molar-refractivity contribution in [1.82, 2.24) is 30.0 Å². The number of alkyl halides is 3. The van der Waals surface area contributed by atoms with Gasteiger partial charge in [-0.25, -0.2) is 4.98 Å².